The number of hydrogen-bond acceptors (Lipinski definition) is 13. The van der Waals surface area contributed by atoms with Crippen molar-refractivity contribution in [3.05, 3.63) is 79.9 Å². The number of ether oxygens (including phenoxy) is 3. The lowest BCUT2D eigenvalue weighted by Gasteiger charge is -2.22. The Morgan fingerprint density at radius 3 is 1.90 bits per heavy atom. The SMILES string of the molecule is C=CC(=O)OCCCCCCCCCCCOc1ccc(N=Nc2cc3sc(N=Nc4ccc(N(CC)CCOC(=O)C=C)cc4)nc3s2)cc1. The summed E-state index contributed by atoms with van der Waals surface area (Å²) in [6.07, 6.45) is 12.7. The zero-order chi connectivity index (χ0) is 36.1. The largest absolute Gasteiger partial charge is 0.494 e. The van der Waals surface area contributed by atoms with E-state index in [0.717, 1.165) is 75.6 Å². The molecule has 270 valence electrons. The number of anilines is 1. The minimum absolute atomic E-state index is 0.291. The number of thiazole rings is 1. The first-order valence-corrected chi connectivity index (χ1v) is 19.0. The van der Waals surface area contributed by atoms with E-state index < -0.39 is 5.97 Å². The first-order valence-electron chi connectivity index (χ1n) is 17.4. The van der Waals surface area contributed by atoms with Crippen LogP contribution in [-0.2, 0) is 19.1 Å². The molecule has 0 amide bonds. The molecule has 0 aliphatic heterocycles. The number of benzene rings is 2. The third-order valence-electron chi connectivity index (χ3n) is 7.75. The van der Waals surface area contributed by atoms with E-state index in [0.29, 0.717) is 31.5 Å². The highest BCUT2D eigenvalue weighted by Crippen LogP contribution is 2.39. The van der Waals surface area contributed by atoms with Gasteiger partial charge in [0.15, 0.2) is 0 Å². The van der Waals surface area contributed by atoms with Crippen LogP contribution in [0, 0.1) is 0 Å². The van der Waals surface area contributed by atoms with Crippen LogP contribution in [0.15, 0.2) is 100 Å². The number of aromatic nitrogens is 1. The van der Waals surface area contributed by atoms with Crippen LogP contribution in [0.3, 0.4) is 0 Å². The second kappa shape index (κ2) is 22.1. The van der Waals surface area contributed by atoms with Crippen molar-refractivity contribution in [1.82, 2.24) is 4.98 Å². The van der Waals surface area contributed by atoms with Crippen molar-refractivity contribution in [2.45, 2.75) is 64.7 Å². The van der Waals surface area contributed by atoms with Gasteiger partial charge in [-0.05, 0) is 74.4 Å². The van der Waals surface area contributed by atoms with Crippen LogP contribution in [0.25, 0.3) is 9.53 Å². The van der Waals surface area contributed by atoms with Gasteiger partial charge in [0.25, 0.3) is 0 Å². The first-order chi connectivity index (χ1) is 25.0. The molecule has 2 aromatic carbocycles. The van der Waals surface area contributed by atoms with Crippen LogP contribution in [0.1, 0.15) is 64.7 Å². The standard InChI is InChI=1S/C38H46N6O5S2/c1-4-35(45)48-26-15-13-11-9-7-8-10-12-14-25-47-32-22-18-30(19-23-32)40-42-34-28-33-37(51-34)39-38(50-33)43-41-29-16-20-31(21-17-29)44(6-3)24-27-49-36(46)5-2/h4-5,16-23,28H,1-2,6-15,24-27H2,3H3. The van der Waals surface area contributed by atoms with Gasteiger partial charge >= 0.3 is 11.9 Å². The second-order valence-electron chi connectivity index (χ2n) is 11.5. The van der Waals surface area contributed by atoms with Gasteiger partial charge in [-0.3, -0.25) is 0 Å². The van der Waals surface area contributed by atoms with E-state index in [2.05, 4.69) is 43.5 Å². The fourth-order valence-corrected chi connectivity index (χ4v) is 6.85. The molecule has 4 aromatic rings. The molecular weight excluding hydrogens is 685 g/mol. The van der Waals surface area contributed by atoms with E-state index >= 15 is 0 Å². The summed E-state index contributed by atoms with van der Waals surface area (Å²) in [5, 5.41) is 18.8. The molecule has 0 saturated heterocycles. The van der Waals surface area contributed by atoms with Gasteiger partial charge in [-0.25, -0.2) is 14.6 Å². The lowest BCUT2D eigenvalue weighted by Crippen LogP contribution is -2.27. The van der Waals surface area contributed by atoms with E-state index in [1.54, 1.807) is 0 Å². The predicted molar refractivity (Wildman–Crippen MR) is 206 cm³/mol. The number of thiophene rings is 1. The lowest BCUT2D eigenvalue weighted by atomic mass is 10.1. The van der Waals surface area contributed by atoms with Gasteiger partial charge < -0.3 is 19.1 Å². The molecule has 0 unspecified atom stereocenters. The van der Waals surface area contributed by atoms with Crippen molar-refractivity contribution in [3.8, 4) is 5.75 Å². The summed E-state index contributed by atoms with van der Waals surface area (Å²) in [6.45, 7) is 11.7. The van der Waals surface area contributed by atoms with Gasteiger partial charge in [0.1, 0.15) is 22.2 Å². The molecule has 0 saturated carbocycles. The summed E-state index contributed by atoms with van der Waals surface area (Å²) in [7, 11) is 0. The molecule has 0 atom stereocenters. The molecular formula is C38H46N6O5S2. The number of likely N-dealkylation sites (N-methyl/N-ethyl adjacent to an activating group) is 1. The van der Waals surface area contributed by atoms with Crippen molar-refractivity contribution >= 4 is 71.3 Å². The van der Waals surface area contributed by atoms with Crippen LogP contribution in [0.5, 0.6) is 5.75 Å². The Kier molecular flexibility index (Phi) is 17.0. The number of fused-ring (bicyclic) bond motifs is 1. The zero-order valence-electron chi connectivity index (χ0n) is 29.2. The Balaban J connectivity index is 1.11. The number of hydrogen-bond donors (Lipinski definition) is 0. The monoisotopic (exact) mass is 730 g/mol. The minimum Gasteiger partial charge on any atom is -0.494 e. The van der Waals surface area contributed by atoms with Gasteiger partial charge in [-0.2, -0.15) is 0 Å². The molecule has 11 nitrogen and oxygen atoms in total. The van der Waals surface area contributed by atoms with Gasteiger partial charge in [-0.15, -0.1) is 20.5 Å². The Hall–Kier alpha value is -4.75. The second-order valence-corrected chi connectivity index (χ2v) is 13.5. The number of unbranched alkanes of at least 4 members (excludes halogenated alkanes) is 8. The lowest BCUT2D eigenvalue weighted by molar-refractivity contribution is -0.138. The van der Waals surface area contributed by atoms with Gasteiger partial charge in [0.05, 0.1) is 35.8 Å². The van der Waals surface area contributed by atoms with Crippen LogP contribution in [0.2, 0.25) is 0 Å². The first kappa shape index (κ1) is 39.0. The maximum atomic E-state index is 11.3. The number of rotatable bonds is 24. The number of carbonyl (C=O) groups is 2. The van der Waals surface area contributed by atoms with Gasteiger partial charge in [0, 0.05) is 24.4 Å². The Morgan fingerprint density at radius 1 is 0.725 bits per heavy atom. The van der Waals surface area contributed by atoms with E-state index in [1.807, 2.05) is 61.5 Å². The normalized spacial score (nSPS) is 11.3. The maximum absolute atomic E-state index is 11.3. The van der Waals surface area contributed by atoms with Crippen LogP contribution in [0.4, 0.5) is 27.2 Å². The molecule has 0 spiro atoms. The summed E-state index contributed by atoms with van der Waals surface area (Å²) in [5.74, 6) is 0.0692. The smallest absolute Gasteiger partial charge is 0.330 e. The molecule has 4 rings (SSSR count). The summed E-state index contributed by atoms with van der Waals surface area (Å²) >= 11 is 2.91. The number of carbonyl (C=O) groups excluding carboxylic acids is 2. The summed E-state index contributed by atoms with van der Waals surface area (Å²) in [6, 6.07) is 17.4. The zero-order valence-corrected chi connectivity index (χ0v) is 30.8. The molecule has 13 heteroatoms. The quantitative estimate of drug-likeness (QED) is 0.0304. The molecule has 0 radical (unpaired) electrons. The maximum Gasteiger partial charge on any atom is 0.330 e. The average molecular weight is 731 g/mol. The minimum atomic E-state index is -0.422. The van der Waals surface area contributed by atoms with Crippen molar-refractivity contribution in [2.24, 2.45) is 20.5 Å². The fraction of sp³-hybridized carbons (Fsp3) is 0.395. The van der Waals surface area contributed by atoms with E-state index in [-0.39, 0.29) is 5.97 Å². The van der Waals surface area contributed by atoms with Gasteiger partial charge in [-0.1, -0.05) is 80.8 Å². The predicted octanol–water partition coefficient (Wildman–Crippen LogP) is 11.4. The van der Waals surface area contributed by atoms with Crippen molar-refractivity contribution < 1.29 is 23.8 Å². The molecule has 2 aromatic heterocycles. The van der Waals surface area contributed by atoms with E-state index in [1.165, 1.54) is 60.9 Å². The highest BCUT2D eigenvalue weighted by Gasteiger charge is 2.09. The Labute approximate surface area is 307 Å². The van der Waals surface area contributed by atoms with Gasteiger partial charge in [0.2, 0.25) is 5.13 Å². The Bertz CT molecular complexity index is 1700. The topological polar surface area (TPSA) is 127 Å². The number of esters is 2. The molecule has 2 heterocycles. The fourth-order valence-electron chi connectivity index (χ4n) is 5.00. The average Bonchev–Trinajstić information content (AvgIpc) is 3.73. The number of azo groups is 2. The van der Waals surface area contributed by atoms with E-state index in [4.69, 9.17) is 14.2 Å². The van der Waals surface area contributed by atoms with Crippen LogP contribution >= 0.6 is 22.7 Å². The molecule has 0 fully saturated rings. The molecule has 0 aliphatic rings. The molecule has 0 N–H and O–H groups in total. The van der Waals surface area contributed by atoms with Crippen LogP contribution in [-0.4, -0.2) is 49.8 Å². The highest BCUT2D eigenvalue weighted by atomic mass is 32.1. The third kappa shape index (κ3) is 14.2. The molecule has 0 bridgehead atoms. The highest BCUT2D eigenvalue weighted by molar-refractivity contribution is 7.30. The van der Waals surface area contributed by atoms with Crippen molar-refractivity contribution in [1.29, 1.82) is 0 Å². The summed E-state index contributed by atoms with van der Waals surface area (Å²) < 4.78 is 17.0. The summed E-state index contributed by atoms with van der Waals surface area (Å²) in [5.41, 5.74) is 2.48. The van der Waals surface area contributed by atoms with Crippen molar-refractivity contribution in [3.63, 3.8) is 0 Å². The third-order valence-corrected chi connectivity index (χ3v) is 9.68. The Morgan fingerprint density at radius 2 is 1.29 bits per heavy atom. The van der Waals surface area contributed by atoms with E-state index in [9.17, 15) is 9.59 Å². The van der Waals surface area contributed by atoms with Crippen molar-refractivity contribution in [2.75, 3.05) is 37.8 Å². The molecule has 0 aliphatic carbocycles. The molecule has 51 heavy (non-hydrogen) atoms. The number of nitrogens with zero attached hydrogens (tertiary/aromatic N) is 6. The van der Waals surface area contributed by atoms with Crippen LogP contribution < -0.4 is 9.64 Å². The summed E-state index contributed by atoms with van der Waals surface area (Å²) in [4.78, 5) is 29.8.